The maximum Gasteiger partial charge on any atom is 0.451 e. The Morgan fingerprint density at radius 2 is 2.00 bits per heavy atom. The molecule has 0 spiro atoms. The van der Waals surface area contributed by atoms with E-state index >= 15 is 0 Å². The number of hydrogen-bond donors (Lipinski definition) is 0. The number of carbonyl (C=O) groups excluding carboxylic acids is 1. The van der Waals surface area contributed by atoms with Crippen LogP contribution < -0.4 is 0 Å². The molecule has 0 amide bonds. The number of halogens is 3. The van der Waals surface area contributed by atoms with Crippen LogP contribution in [-0.2, 0) is 15.7 Å². The molecule has 0 atom stereocenters. The van der Waals surface area contributed by atoms with Crippen molar-refractivity contribution in [3.05, 3.63) is 30.1 Å². The minimum Gasteiger partial charge on any atom is -0.465 e. The van der Waals surface area contributed by atoms with Gasteiger partial charge in [-0.2, -0.15) is 13.2 Å². The molecule has 0 saturated carbocycles. The molecule has 4 nitrogen and oxygen atoms in total. The lowest BCUT2D eigenvalue weighted by atomic mass is 10.2. The van der Waals surface area contributed by atoms with E-state index in [9.17, 15) is 18.0 Å². The molecule has 23 heavy (non-hydrogen) atoms. The van der Waals surface area contributed by atoms with Crippen LogP contribution in [0.2, 0.25) is 0 Å². The van der Waals surface area contributed by atoms with E-state index in [0.717, 1.165) is 24.6 Å². The fourth-order valence-corrected chi connectivity index (χ4v) is 2.60. The quantitative estimate of drug-likeness (QED) is 0.342. The minimum absolute atomic E-state index is 0.0952. The van der Waals surface area contributed by atoms with Gasteiger partial charge in [-0.15, -0.1) is 0 Å². The number of hydrogen-bond acceptors (Lipinski definition) is 5. The van der Waals surface area contributed by atoms with Crippen LogP contribution in [0.15, 0.2) is 29.3 Å². The number of ether oxygens (including phenoxy) is 1. The molecule has 0 aliphatic rings. The van der Waals surface area contributed by atoms with Gasteiger partial charge in [-0.1, -0.05) is 43.3 Å². The monoisotopic (exact) mass is 344 g/mol. The third-order valence-corrected chi connectivity index (χ3v) is 3.87. The second-order valence-corrected chi connectivity index (χ2v) is 5.69. The molecular formula is C15H15F3N2O2S. The molecule has 0 radical (unpaired) electrons. The Kier molecular flexibility index (Phi) is 5.81. The van der Waals surface area contributed by atoms with Gasteiger partial charge in [-0.05, 0) is 12.5 Å². The van der Waals surface area contributed by atoms with E-state index in [0.29, 0.717) is 12.0 Å². The number of benzene rings is 1. The normalized spacial score (nSPS) is 11.7. The molecule has 1 heterocycles. The summed E-state index contributed by atoms with van der Waals surface area (Å²) in [7, 11) is 0. The Hall–Kier alpha value is -1.83. The van der Waals surface area contributed by atoms with Crippen LogP contribution in [0.3, 0.4) is 0 Å². The third kappa shape index (κ3) is 4.82. The first kappa shape index (κ1) is 17.5. The van der Waals surface area contributed by atoms with E-state index in [1.807, 2.05) is 6.92 Å². The highest BCUT2D eigenvalue weighted by Crippen LogP contribution is 2.31. The average Bonchev–Trinajstić information content (AvgIpc) is 2.51. The van der Waals surface area contributed by atoms with Gasteiger partial charge in [0.25, 0.3) is 0 Å². The van der Waals surface area contributed by atoms with Crippen molar-refractivity contribution < 1.29 is 22.7 Å². The number of aromatic nitrogens is 2. The molecule has 0 aliphatic heterocycles. The highest BCUT2D eigenvalue weighted by atomic mass is 32.2. The van der Waals surface area contributed by atoms with E-state index < -0.39 is 18.0 Å². The number of fused-ring (bicyclic) bond motifs is 1. The Balaban J connectivity index is 2.20. The van der Waals surface area contributed by atoms with Gasteiger partial charge in [-0.3, -0.25) is 4.79 Å². The van der Waals surface area contributed by atoms with Gasteiger partial charge < -0.3 is 4.74 Å². The van der Waals surface area contributed by atoms with Gasteiger partial charge in [-0.25, -0.2) is 9.97 Å². The first-order valence-electron chi connectivity index (χ1n) is 7.04. The Labute approximate surface area is 135 Å². The fraction of sp³-hybridized carbons (Fsp3) is 0.400. The maximum atomic E-state index is 12.9. The lowest BCUT2D eigenvalue weighted by Crippen LogP contribution is -2.13. The van der Waals surface area contributed by atoms with Crippen molar-refractivity contribution in [3.8, 4) is 0 Å². The number of esters is 1. The molecule has 1 aromatic carbocycles. The summed E-state index contributed by atoms with van der Waals surface area (Å²) >= 11 is 0.921. The number of nitrogens with zero attached hydrogens (tertiary/aromatic N) is 2. The topological polar surface area (TPSA) is 52.1 Å². The Morgan fingerprint density at radius 1 is 1.26 bits per heavy atom. The van der Waals surface area contributed by atoms with Crippen molar-refractivity contribution >= 4 is 28.6 Å². The molecule has 0 aliphatic carbocycles. The minimum atomic E-state index is -4.64. The van der Waals surface area contributed by atoms with Crippen LogP contribution in [0.5, 0.6) is 0 Å². The van der Waals surface area contributed by atoms with Crippen molar-refractivity contribution in [2.45, 2.75) is 31.0 Å². The molecule has 124 valence electrons. The van der Waals surface area contributed by atoms with E-state index in [2.05, 4.69) is 9.97 Å². The number of thioether (sulfide) groups is 1. The number of unbranched alkanes of at least 4 members (excludes halogenated alkanes) is 1. The van der Waals surface area contributed by atoms with Crippen molar-refractivity contribution in [2.75, 3.05) is 12.4 Å². The van der Waals surface area contributed by atoms with Crippen molar-refractivity contribution in [1.82, 2.24) is 9.97 Å². The maximum absolute atomic E-state index is 12.9. The summed E-state index contributed by atoms with van der Waals surface area (Å²) in [5, 5.41) is 0.599. The lowest BCUT2D eigenvalue weighted by molar-refractivity contribution is -0.145. The SMILES string of the molecule is CCCCOC(=O)CSc1nc(C(F)(F)F)nc2ccccc12. The highest BCUT2D eigenvalue weighted by molar-refractivity contribution is 8.00. The molecule has 0 saturated heterocycles. The number of alkyl halides is 3. The van der Waals surface area contributed by atoms with Crippen molar-refractivity contribution in [2.24, 2.45) is 0 Å². The van der Waals surface area contributed by atoms with Gasteiger partial charge in [0.1, 0.15) is 5.03 Å². The number of carbonyl (C=O) groups is 1. The van der Waals surface area contributed by atoms with Gasteiger partial charge in [0, 0.05) is 5.39 Å². The lowest BCUT2D eigenvalue weighted by Gasteiger charge is -2.10. The third-order valence-electron chi connectivity index (χ3n) is 2.91. The van der Waals surface area contributed by atoms with Crippen molar-refractivity contribution in [3.63, 3.8) is 0 Å². The summed E-state index contributed by atoms with van der Waals surface area (Å²) in [6.07, 6.45) is -2.99. The van der Waals surface area contributed by atoms with Gasteiger partial charge in [0.05, 0.1) is 17.9 Å². The smallest absolute Gasteiger partial charge is 0.451 e. The zero-order chi connectivity index (χ0) is 16.9. The van der Waals surface area contributed by atoms with Crippen molar-refractivity contribution in [1.29, 1.82) is 0 Å². The predicted octanol–water partition coefficient (Wildman–Crippen LogP) is 4.08. The molecule has 2 aromatic rings. The summed E-state index contributed by atoms with van der Waals surface area (Å²) in [4.78, 5) is 18.7. The molecule has 0 bridgehead atoms. The molecule has 0 fully saturated rings. The summed E-state index contributed by atoms with van der Waals surface area (Å²) in [5.41, 5.74) is 0.191. The molecule has 0 unspecified atom stereocenters. The first-order valence-corrected chi connectivity index (χ1v) is 8.02. The summed E-state index contributed by atoms with van der Waals surface area (Å²) < 4.78 is 43.6. The molecular weight excluding hydrogens is 329 g/mol. The second kappa shape index (κ2) is 7.63. The largest absolute Gasteiger partial charge is 0.465 e. The summed E-state index contributed by atoms with van der Waals surface area (Å²) in [6.45, 7) is 2.28. The fourth-order valence-electron chi connectivity index (χ4n) is 1.78. The first-order chi connectivity index (χ1) is 10.9. The number of para-hydroxylation sites is 1. The van der Waals surface area contributed by atoms with E-state index in [4.69, 9.17) is 4.74 Å². The van der Waals surface area contributed by atoms with Gasteiger partial charge >= 0.3 is 12.1 Å². The zero-order valence-electron chi connectivity index (χ0n) is 12.4. The molecule has 8 heteroatoms. The van der Waals surface area contributed by atoms with Crippen LogP contribution in [0, 0.1) is 0 Å². The van der Waals surface area contributed by atoms with E-state index in [-0.39, 0.29) is 16.3 Å². The predicted molar refractivity (Wildman–Crippen MR) is 81.1 cm³/mol. The average molecular weight is 344 g/mol. The van der Waals surface area contributed by atoms with Crippen LogP contribution in [0.4, 0.5) is 13.2 Å². The summed E-state index contributed by atoms with van der Waals surface area (Å²) in [6, 6.07) is 6.39. The van der Waals surface area contributed by atoms with Crippen LogP contribution in [0.25, 0.3) is 10.9 Å². The van der Waals surface area contributed by atoms with E-state index in [1.165, 1.54) is 6.07 Å². The highest BCUT2D eigenvalue weighted by Gasteiger charge is 2.35. The molecule has 2 rings (SSSR count). The van der Waals surface area contributed by atoms with Crippen LogP contribution in [-0.4, -0.2) is 28.3 Å². The summed E-state index contributed by atoms with van der Waals surface area (Å²) in [5.74, 6) is -1.78. The standard InChI is InChI=1S/C15H15F3N2O2S/c1-2-3-8-22-12(21)9-23-13-10-6-4-5-7-11(10)19-14(20-13)15(16,17)18/h4-7H,2-3,8-9H2,1H3. The van der Waals surface area contributed by atoms with Crippen LogP contribution >= 0.6 is 11.8 Å². The second-order valence-electron chi connectivity index (χ2n) is 4.73. The number of rotatable bonds is 6. The van der Waals surface area contributed by atoms with Gasteiger partial charge in [0.2, 0.25) is 5.82 Å². The zero-order valence-corrected chi connectivity index (χ0v) is 13.2. The van der Waals surface area contributed by atoms with E-state index in [1.54, 1.807) is 18.2 Å². The Bertz CT molecular complexity index is 692. The molecule has 0 N–H and O–H groups in total. The Morgan fingerprint density at radius 3 is 2.70 bits per heavy atom. The van der Waals surface area contributed by atoms with Gasteiger partial charge in [0.15, 0.2) is 0 Å². The van der Waals surface area contributed by atoms with Crippen LogP contribution in [0.1, 0.15) is 25.6 Å². The molecule has 1 aromatic heterocycles.